The van der Waals surface area contributed by atoms with Crippen LogP contribution < -0.4 is 15.6 Å². The zero-order valence-corrected chi connectivity index (χ0v) is 15.3. The maximum absolute atomic E-state index is 12.4. The molecular weight excluding hydrogens is 392 g/mol. The van der Waals surface area contributed by atoms with Gasteiger partial charge in [0.2, 0.25) is 5.91 Å². The summed E-state index contributed by atoms with van der Waals surface area (Å²) in [7, 11) is 0. The fourth-order valence-electron chi connectivity index (χ4n) is 2.64. The van der Waals surface area contributed by atoms with Gasteiger partial charge in [-0.1, -0.05) is 23.7 Å². The van der Waals surface area contributed by atoms with Gasteiger partial charge in [-0.25, -0.2) is 4.98 Å². The van der Waals surface area contributed by atoms with Crippen molar-refractivity contribution in [2.75, 3.05) is 6.54 Å². The second kappa shape index (κ2) is 8.79. The summed E-state index contributed by atoms with van der Waals surface area (Å²) in [5.74, 6) is -0.269. The summed E-state index contributed by atoms with van der Waals surface area (Å²) in [5.41, 5.74) is 1.00. The van der Waals surface area contributed by atoms with Gasteiger partial charge < -0.3 is 10.1 Å². The van der Waals surface area contributed by atoms with Crippen LogP contribution in [0.2, 0.25) is 5.02 Å². The third-order valence-corrected chi connectivity index (χ3v) is 4.22. The fourth-order valence-corrected chi connectivity index (χ4v) is 2.81. The number of halogens is 3. The van der Waals surface area contributed by atoms with Gasteiger partial charge >= 0.3 is 6.61 Å². The lowest BCUT2D eigenvalue weighted by molar-refractivity contribution is -0.121. The minimum atomic E-state index is -2.87. The molecule has 0 bridgehead atoms. The van der Waals surface area contributed by atoms with Crippen molar-refractivity contribution in [2.24, 2.45) is 0 Å². The summed E-state index contributed by atoms with van der Waals surface area (Å²) in [4.78, 5) is 28.7. The minimum absolute atomic E-state index is 0.0751. The number of amides is 1. The van der Waals surface area contributed by atoms with Gasteiger partial charge in [-0.05, 0) is 42.3 Å². The number of nitrogens with zero attached hydrogens (tertiary/aromatic N) is 2. The van der Waals surface area contributed by atoms with Crippen molar-refractivity contribution in [1.82, 2.24) is 14.9 Å². The molecule has 0 spiro atoms. The quantitative estimate of drug-likeness (QED) is 0.653. The third kappa shape index (κ3) is 5.04. The standard InChI is InChI=1S/C19H16ClF2N3O3/c20-13-3-6-16-15(9-13)18(27)25(11-24-16)10-17(26)23-8-7-12-1-4-14(5-2-12)28-19(21)22/h1-6,9,11,19H,7-8,10H2,(H,23,26). The van der Waals surface area contributed by atoms with Crippen LogP contribution in [-0.4, -0.2) is 28.6 Å². The molecule has 3 aromatic rings. The number of carbonyl (C=O) groups excluding carboxylic acids is 1. The van der Waals surface area contributed by atoms with Gasteiger partial charge in [0.1, 0.15) is 12.3 Å². The summed E-state index contributed by atoms with van der Waals surface area (Å²) >= 11 is 5.91. The van der Waals surface area contributed by atoms with Gasteiger partial charge in [0.25, 0.3) is 5.56 Å². The number of rotatable bonds is 7. The van der Waals surface area contributed by atoms with Crippen LogP contribution in [0.5, 0.6) is 5.75 Å². The normalized spacial score (nSPS) is 11.0. The first-order valence-electron chi connectivity index (χ1n) is 8.37. The Bertz CT molecular complexity index is 1040. The largest absolute Gasteiger partial charge is 0.435 e. The summed E-state index contributed by atoms with van der Waals surface area (Å²) in [5, 5.41) is 3.47. The van der Waals surface area contributed by atoms with E-state index in [4.69, 9.17) is 11.6 Å². The number of alkyl halides is 2. The molecule has 9 heteroatoms. The van der Waals surface area contributed by atoms with E-state index >= 15 is 0 Å². The molecular formula is C19H16ClF2N3O3. The Morgan fingerprint density at radius 2 is 1.96 bits per heavy atom. The molecule has 1 amide bonds. The number of aromatic nitrogens is 2. The summed E-state index contributed by atoms with van der Waals surface area (Å²) in [6.45, 7) is -2.71. The number of nitrogens with one attached hydrogen (secondary N) is 1. The Morgan fingerprint density at radius 3 is 2.68 bits per heavy atom. The highest BCUT2D eigenvalue weighted by Crippen LogP contribution is 2.15. The molecule has 0 atom stereocenters. The first-order valence-corrected chi connectivity index (χ1v) is 8.75. The zero-order valence-electron chi connectivity index (χ0n) is 14.6. The number of hydrogen-bond acceptors (Lipinski definition) is 4. The van der Waals surface area contributed by atoms with E-state index in [1.54, 1.807) is 24.3 Å². The smallest absolute Gasteiger partial charge is 0.387 e. The lowest BCUT2D eigenvalue weighted by Gasteiger charge is -2.09. The number of hydrogen-bond donors (Lipinski definition) is 1. The molecule has 0 unspecified atom stereocenters. The first-order chi connectivity index (χ1) is 13.4. The molecule has 2 aromatic carbocycles. The summed E-state index contributed by atoms with van der Waals surface area (Å²) < 4.78 is 29.7. The first kappa shape index (κ1) is 19.8. The van der Waals surface area contributed by atoms with Crippen molar-refractivity contribution in [3.05, 3.63) is 69.7 Å². The molecule has 0 saturated carbocycles. The van der Waals surface area contributed by atoms with Crippen LogP contribution in [-0.2, 0) is 17.8 Å². The molecule has 0 aliphatic rings. The molecule has 3 rings (SSSR count). The van der Waals surface area contributed by atoms with Crippen molar-refractivity contribution < 1.29 is 18.3 Å². The van der Waals surface area contributed by atoms with Crippen LogP contribution in [0.25, 0.3) is 10.9 Å². The van der Waals surface area contributed by atoms with Gasteiger partial charge in [0.15, 0.2) is 0 Å². The Morgan fingerprint density at radius 1 is 1.21 bits per heavy atom. The van der Waals surface area contributed by atoms with E-state index < -0.39 is 6.61 Å². The second-order valence-electron chi connectivity index (χ2n) is 5.96. The SMILES string of the molecule is O=C(Cn1cnc2ccc(Cl)cc2c1=O)NCCc1ccc(OC(F)F)cc1. The molecule has 6 nitrogen and oxygen atoms in total. The van der Waals surface area contributed by atoms with E-state index in [9.17, 15) is 18.4 Å². The van der Waals surface area contributed by atoms with Crippen LogP contribution in [0.15, 0.2) is 53.6 Å². The predicted octanol–water partition coefficient (Wildman–Crippen LogP) is 3.01. The Balaban J connectivity index is 1.55. The Hall–Kier alpha value is -3.00. The zero-order chi connectivity index (χ0) is 20.1. The average molecular weight is 408 g/mol. The Labute approximate surface area is 163 Å². The summed E-state index contributed by atoms with van der Waals surface area (Å²) in [6.07, 6.45) is 1.82. The molecule has 1 N–H and O–H groups in total. The van der Waals surface area contributed by atoms with Gasteiger partial charge in [-0.2, -0.15) is 8.78 Å². The van der Waals surface area contributed by atoms with E-state index in [1.807, 2.05) is 0 Å². The van der Waals surface area contributed by atoms with Crippen LogP contribution in [0.3, 0.4) is 0 Å². The number of ether oxygens (including phenoxy) is 1. The molecule has 28 heavy (non-hydrogen) atoms. The molecule has 0 aliphatic carbocycles. The van der Waals surface area contributed by atoms with Crippen LogP contribution in [0.4, 0.5) is 8.78 Å². The third-order valence-electron chi connectivity index (χ3n) is 3.98. The Kier molecular flexibility index (Phi) is 6.20. The van der Waals surface area contributed by atoms with Crippen molar-refractivity contribution in [2.45, 2.75) is 19.6 Å². The number of benzene rings is 2. The van der Waals surface area contributed by atoms with Crippen LogP contribution in [0.1, 0.15) is 5.56 Å². The molecule has 0 fully saturated rings. The van der Waals surface area contributed by atoms with Crippen molar-refractivity contribution >= 4 is 28.4 Å². The highest BCUT2D eigenvalue weighted by molar-refractivity contribution is 6.31. The lowest BCUT2D eigenvalue weighted by Crippen LogP contribution is -2.33. The monoisotopic (exact) mass is 407 g/mol. The number of fused-ring (bicyclic) bond motifs is 1. The van der Waals surface area contributed by atoms with Crippen molar-refractivity contribution in [3.63, 3.8) is 0 Å². The van der Waals surface area contributed by atoms with E-state index in [-0.39, 0.29) is 23.8 Å². The highest BCUT2D eigenvalue weighted by atomic mass is 35.5. The fraction of sp³-hybridized carbons (Fsp3) is 0.211. The molecule has 146 valence electrons. The maximum Gasteiger partial charge on any atom is 0.387 e. The van der Waals surface area contributed by atoms with E-state index in [0.29, 0.717) is 28.9 Å². The molecule has 1 aromatic heterocycles. The van der Waals surface area contributed by atoms with E-state index in [2.05, 4.69) is 15.0 Å². The number of carbonyl (C=O) groups is 1. The molecule has 0 saturated heterocycles. The highest BCUT2D eigenvalue weighted by Gasteiger charge is 2.09. The van der Waals surface area contributed by atoms with Gasteiger partial charge in [0, 0.05) is 11.6 Å². The lowest BCUT2D eigenvalue weighted by atomic mass is 10.1. The molecule has 0 aliphatic heterocycles. The van der Waals surface area contributed by atoms with E-state index in [0.717, 1.165) is 5.56 Å². The maximum atomic E-state index is 12.4. The second-order valence-corrected chi connectivity index (χ2v) is 6.40. The summed E-state index contributed by atoms with van der Waals surface area (Å²) in [6, 6.07) is 11.0. The van der Waals surface area contributed by atoms with Crippen LogP contribution >= 0.6 is 11.6 Å². The van der Waals surface area contributed by atoms with E-state index in [1.165, 1.54) is 29.1 Å². The molecule has 0 radical (unpaired) electrons. The average Bonchev–Trinajstić information content (AvgIpc) is 2.65. The van der Waals surface area contributed by atoms with Crippen molar-refractivity contribution in [3.8, 4) is 5.75 Å². The van der Waals surface area contributed by atoms with Gasteiger partial charge in [-0.3, -0.25) is 14.2 Å². The van der Waals surface area contributed by atoms with Gasteiger partial charge in [-0.15, -0.1) is 0 Å². The molecule has 1 heterocycles. The topological polar surface area (TPSA) is 73.2 Å². The predicted molar refractivity (Wildman–Crippen MR) is 101 cm³/mol. The van der Waals surface area contributed by atoms with Crippen molar-refractivity contribution in [1.29, 1.82) is 0 Å². The van der Waals surface area contributed by atoms with Crippen LogP contribution in [0, 0.1) is 0 Å². The van der Waals surface area contributed by atoms with Gasteiger partial charge in [0.05, 0.1) is 17.2 Å². The minimum Gasteiger partial charge on any atom is -0.435 e.